The molecule has 4 rings (SSSR count). The second-order valence-electron chi connectivity index (χ2n) is 6.56. The fraction of sp³-hybridized carbons (Fsp3) is 0.350. The van der Waals surface area contributed by atoms with Gasteiger partial charge in [-0.05, 0) is 41.2 Å². The minimum absolute atomic E-state index is 0.217. The van der Waals surface area contributed by atoms with Gasteiger partial charge in [0.15, 0.2) is 11.5 Å². The molecule has 0 fully saturated rings. The number of hydrogen-bond acceptors (Lipinski definition) is 3. The Kier molecular flexibility index (Phi) is 3.89. The van der Waals surface area contributed by atoms with Gasteiger partial charge in [0.1, 0.15) is 0 Å². The van der Waals surface area contributed by atoms with Gasteiger partial charge in [0.25, 0.3) is 0 Å². The smallest absolute Gasteiger partial charge is 0.231 e. The predicted octanol–water partition coefficient (Wildman–Crippen LogP) is 3.49. The minimum atomic E-state index is 0.217. The Morgan fingerprint density at radius 3 is 2.58 bits per heavy atom. The molecule has 2 aromatic rings. The summed E-state index contributed by atoms with van der Waals surface area (Å²) >= 11 is 0. The summed E-state index contributed by atoms with van der Waals surface area (Å²) in [5.41, 5.74) is 3.65. The monoisotopic (exact) mass is 323 g/mol. The van der Waals surface area contributed by atoms with Gasteiger partial charge >= 0.3 is 0 Å². The van der Waals surface area contributed by atoms with Crippen LogP contribution in [0.5, 0.6) is 11.5 Å². The summed E-state index contributed by atoms with van der Waals surface area (Å²) in [5, 5.41) is 0. The van der Waals surface area contributed by atoms with Crippen molar-refractivity contribution in [1.29, 1.82) is 0 Å². The van der Waals surface area contributed by atoms with E-state index in [9.17, 15) is 4.79 Å². The van der Waals surface area contributed by atoms with Crippen molar-refractivity contribution in [2.75, 3.05) is 13.3 Å². The van der Waals surface area contributed by atoms with Crippen molar-refractivity contribution in [3.63, 3.8) is 0 Å². The number of hydrogen-bond donors (Lipinski definition) is 0. The van der Waals surface area contributed by atoms with E-state index >= 15 is 0 Å². The highest BCUT2D eigenvalue weighted by atomic mass is 16.7. The summed E-state index contributed by atoms with van der Waals surface area (Å²) < 4.78 is 10.9. The fourth-order valence-corrected chi connectivity index (χ4v) is 3.45. The lowest BCUT2D eigenvalue weighted by molar-refractivity contribution is -0.132. The Morgan fingerprint density at radius 2 is 1.83 bits per heavy atom. The summed E-state index contributed by atoms with van der Waals surface area (Å²) in [4.78, 5) is 14.7. The van der Waals surface area contributed by atoms with Gasteiger partial charge in [-0.2, -0.15) is 0 Å². The van der Waals surface area contributed by atoms with Crippen molar-refractivity contribution >= 4 is 5.91 Å². The van der Waals surface area contributed by atoms with Gasteiger partial charge in [-0.1, -0.05) is 37.3 Å². The van der Waals surface area contributed by atoms with Gasteiger partial charge in [-0.15, -0.1) is 0 Å². The van der Waals surface area contributed by atoms with Crippen LogP contribution < -0.4 is 9.47 Å². The van der Waals surface area contributed by atoms with Crippen LogP contribution in [0.4, 0.5) is 0 Å². The van der Waals surface area contributed by atoms with Gasteiger partial charge < -0.3 is 14.4 Å². The lowest BCUT2D eigenvalue weighted by Gasteiger charge is -2.30. The highest BCUT2D eigenvalue weighted by molar-refractivity contribution is 5.77. The molecule has 0 aliphatic carbocycles. The standard InChI is InChI=1S/C20H21NO3/c1-14(15-5-3-2-4-6-15)9-20(22)21-8-7-16-10-18-19(24-13-23-18)11-17(16)12-21/h2-6,10-11,14H,7-9,12-13H2,1H3. The van der Waals surface area contributed by atoms with Crippen LogP contribution in [0.15, 0.2) is 42.5 Å². The number of carbonyl (C=O) groups excluding carboxylic acids is 1. The second-order valence-corrected chi connectivity index (χ2v) is 6.56. The Hall–Kier alpha value is -2.49. The lowest BCUT2D eigenvalue weighted by atomic mass is 9.95. The number of nitrogens with zero attached hydrogens (tertiary/aromatic N) is 1. The minimum Gasteiger partial charge on any atom is -0.454 e. The van der Waals surface area contributed by atoms with Crippen molar-refractivity contribution in [3.8, 4) is 11.5 Å². The molecule has 0 saturated heterocycles. The van der Waals surface area contributed by atoms with Gasteiger partial charge in [0, 0.05) is 19.5 Å². The third-order valence-electron chi connectivity index (χ3n) is 4.91. The summed E-state index contributed by atoms with van der Waals surface area (Å²) in [6.45, 7) is 3.83. The number of amides is 1. The maximum absolute atomic E-state index is 12.7. The summed E-state index contributed by atoms with van der Waals surface area (Å²) in [7, 11) is 0. The molecule has 24 heavy (non-hydrogen) atoms. The van der Waals surface area contributed by atoms with E-state index in [1.54, 1.807) is 0 Å². The number of benzene rings is 2. The van der Waals surface area contributed by atoms with E-state index in [-0.39, 0.29) is 18.6 Å². The van der Waals surface area contributed by atoms with Gasteiger partial charge in [-0.25, -0.2) is 0 Å². The first kappa shape index (κ1) is 15.1. The van der Waals surface area contributed by atoms with Crippen molar-refractivity contribution in [2.45, 2.75) is 32.2 Å². The van der Waals surface area contributed by atoms with Crippen LogP contribution in [-0.4, -0.2) is 24.1 Å². The predicted molar refractivity (Wildman–Crippen MR) is 91.2 cm³/mol. The number of rotatable bonds is 3. The van der Waals surface area contributed by atoms with E-state index in [1.165, 1.54) is 16.7 Å². The van der Waals surface area contributed by atoms with E-state index in [2.05, 4.69) is 25.1 Å². The number of fused-ring (bicyclic) bond motifs is 2. The van der Waals surface area contributed by atoms with Crippen LogP contribution in [0.3, 0.4) is 0 Å². The van der Waals surface area contributed by atoms with Crippen LogP contribution >= 0.6 is 0 Å². The van der Waals surface area contributed by atoms with Gasteiger partial charge in [0.05, 0.1) is 0 Å². The van der Waals surface area contributed by atoms with E-state index in [4.69, 9.17) is 9.47 Å². The quantitative estimate of drug-likeness (QED) is 0.868. The molecule has 0 aromatic heterocycles. The molecule has 2 aliphatic rings. The SMILES string of the molecule is CC(CC(=O)N1CCc2cc3c(cc2C1)OCO3)c1ccccc1. The summed E-state index contributed by atoms with van der Waals surface area (Å²) in [6.07, 6.45) is 1.42. The zero-order valence-electron chi connectivity index (χ0n) is 13.8. The molecular weight excluding hydrogens is 302 g/mol. The average molecular weight is 323 g/mol. The molecule has 124 valence electrons. The normalized spacial score (nSPS) is 16.6. The zero-order chi connectivity index (χ0) is 16.5. The molecule has 0 N–H and O–H groups in total. The van der Waals surface area contributed by atoms with Crippen molar-refractivity contribution in [1.82, 2.24) is 4.90 Å². The molecule has 4 heteroatoms. The molecule has 1 amide bonds. The lowest BCUT2D eigenvalue weighted by Crippen LogP contribution is -2.36. The van der Waals surface area contributed by atoms with Gasteiger partial charge in [0.2, 0.25) is 12.7 Å². The van der Waals surface area contributed by atoms with Crippen molar-refractivity contribution < 1.29 is 14.3 Å². The molecule has 1 unspecified atom stereocenters. The van der Waals surface area contributed by atoms with E-state index in [0.717, 1.165) is 24.5 Å². The maximum atomic E-state index is 12.7. The Bertz CT molecular complexity index is 757. The number of carbonyl (C=O) groups is 1. The molecule has 2 heterocycles. The topological polar surface area (TPSA) is 38.8 Å². The molecule has 0 radical (unpaired) electrons. The Labute approximate surface area is 142 Å². The second kappa shape index (κ2) is 6.19. The largest absolute Gasteiger partial charge is 0.454 e. The molecule has 0 saturated carbocycles. The molecular formula is C20H21NO3. The van der Waals surface area contributed by atoms with E-state index in [0.29, 0.717) is 13.0 Å². The zero-order valence-corrected chi connectivity index (χ0v) is 13.8. The summed E-state index contributed by atoms with van der Waals surface area (Å²) in [5.74, 6) is 2.07. The Morgan fingerprint density at radius 1 is 1.12 bits per heavy atom. The maximum Gasteiger partial charge on any atom is 0.231 e. The van der Waals surface area contributed by atoms with Crippen LogP contribution in [0.1, 0.15) is 36.0 Å². The Balaban J connectivity index is 1.45. The highest BCUT2D eigenvalue weighted by Crippen LogP contribution is 2.37. The first-order valence-electron chi connectivity index (χ1n) is 8.45. The van der Waals surface area contributed by atoms with Crippen LogP contribution in [0.2, 0.25) is 0 Å². The molecule has 0 bridgehead atoms. The molecule has 2 aromatic carbocycles. The fourth-order valence-electron chi connectivity index (χ4n) is 3.45. The van der Waals surface area contributed by atoms with E-state index < -0.39 is 0 Å². The molecule has 1 atom stereocenters. The van der Waals surface area contributed by atoms with Crippen molar-refractivity contribution in [2.24, 2.45) is 0 Å². The van der Waals surface area contributed by atoms with Crippen LogP contribution in [0, 0.1) is 0 Å². The third kappa shape index (κ3) is 2.84. The van der Waals surface area contributed by atoms with E-state index in [1.807, 2.05) is 29.2 Å². The third-order valence-corrected chi connectivity index (χ3v) is 4.91. The molecule has 2 aliphatic heterocycles. The van der Waals surface area contributed by atoms with Crippen LogP contribution in [-0.2, 0) is 17.8 Å². The highest BCUT2D eigenvalue weighted by Gasteiger charge is 2.25. The van der Waals surface area contributed by atoms with Crippen LogP contribution in [0.25, 0.3) is 0 Å². The average Bonchev–Trinajstić information content (AvgIpc) is 3.07. The first-order chi connectivity index (χ1) is 11.7. The van der Waals surface area contributed by atoms with Crippen molar-refractivity contribution in [3.05, 3.63) is 59.2 Å². The molecule has 4 nitrogen and oxygen atoms in total. The molecule has 0 spiro atoms. The number of ether oxygens (including phenoxy) is 2. The first-order valence-corrected chi connectivity index (χ1v) is 8.45. The summed E-state index contributed by atoms with van der Waals surface area (Å²) in [6, 6.07) is 14.3. The van der Waals surface area contributed by atoms with Gasteiger partial charge in [-0.3, -0.25) is 4.79 Å².